The van der Waals surface area contributed by atoms with Crippen molar-refractivity contribution in [2.75, 3.05) is 0 Å². The molecule has 218 valence electrons. The largest absolute Gasteiger partial charge is 0.456 e. The van der Waals surface area contributed by atoms with Gasteiger partial charge in [0.2, 0.25) is 0 Å². The molecule has 0 amide bonds. The Morgan fingerprint density at radius 1 is 0.298 bits per heavy atom. The summed E-state index contributed by atoms with van der Waals surface area (Å²) in [7, 11) is 0. The molecular weight excluding hydrogens is 569 g/mol. The van der Waals surface area contributed by atoms with Crippen LogP contribution in [-0.2, 0) is 0 Å². The number of hydrogen-bond donors (Lipinski definition) is 0. The lowest BCUT2D eigenvalue weighted by Crippen LogP contribution is -1.90. The molecule has 0 aliphatic heterocycles. The molecule has 0 aliphatic rings. The van der Waals surface area contributed by atoms with Gasteiger partial charge < -0.3 is 4.42 Å². The molecule has 0 radical (unpaired) electrons. The van der Waals surface area contributed by atoms with Gasteiger partial charge in [-0.25, -0.2) is 0 Å². The van der Waals surface area contributed by atoms with Crippen LogP contribution in [0.3, 0.4) is 0 Å². The van der Waals surface area contributed by atoms with E-state index in [0.717, 1.165) is 21.9 Å². The first-order valence-corrected chi connectivity index (χ1v) is 16.2. The Morgan fingerprint density at radius 2 is 0.894 bits per heavy atom. The number of benzene rings is 9. The predicted octanol–water partition coefficient (Wildman–Crippen LogP) is 13.2. The maximum Gasteiger partial charge on any atom is 0.136 e. The highest BCUT2D eigenvalue weighted by atomic mass is 16.3. The average Bonchev–Trinajstić information content (AvgIpc) is 3.50. The lowest BCUT2D eigenvalue weighted by Gasteiger charge is -2.17. The van der Waals surface area contributed by atoms with E-state index in [-0.39, 0.29) is 0 Å². The number of furan rings is 1. The Hall–Kier alpha value is -6.18. The van der Waals surface area contributed by atoms with E-state index in [1.165, 1.54) is 76.5 Å². The fraction of sp³-hybridized carbons (Fsp3) is 0. The summed E-state index contributed by atoms with van der Waals surface area (Å²) in [6.07, 6.45) is 0. The molecule has 0 N–H and O–H groups in total. The van der Waals surface area contributed by atoms with Crippen LogP contribution in [0.25, 0.3) is 98.4 Å². The molecule has 0 aliphatic carbocycles. The second-order valence-corrected chi connectivity index (χ2v) is 12.5. The fourth-order valence-corrected chi connectivity index (χ4v) is 7.64. The van der Waals surface area contributed by atoms with Crippen molar-refractivity contribution in [3.63, 3.8) is 0 Å². The smallest absolute Gasteiger partial charge is 0.136 e. The molecule has 0 fully saturated rings. The normalized spacial score (nSPS) is 11.8. The molecule has 1 heterocycles. The van der Waals surface area contributed by atoms with E-state index in [2.05, 4.69) is 170 Å². The summed E-state index contributed by atoms with van der Waals surface area (Å²) in [6.45, 7) is 0. The van der Waals surface area contributed by atoms with Gasteiger partial charge in [-0.05, 0) is 101 Å². The first-order chi connectivity index (χ1) is 23.3. The summed E-state index contributed by atoms with van der Waals surface area (Å²) in [5, 5.41) is 12.4. The minimum Gasteiger partial charge on any atom is -0.456 e. The lowest BCUT2D eigenvalue weighted by atomic mass is 9.86. The molecule has 9 aromatic carbocycles. The van der Waals surface area contributed by atoms with Crippen molar-refractivity contribution in [3.8, 4) is 33.4 Å². The molecule has 1 aromatic heterocycles. The van der Waals surface area contributed by atoms with Crippen LogP contribution in [0.4, 0.5) is 0 Å². The molecule has 10 rings (SSSR count). The molecule has 0 saturated heterocycles. The van der Waals surface area contributed by atoms with Gasteiger partial charge in [-0.3, -0.25) is 0 Å². The maximum absolute atomic E-state index is 6.38. The zero-order valence-corrected chi connectivity index (χ0v) is 25.6. The van der Waals surface area contributed by atoms with Crippen LogP contribution >= 0.6 is 0 Å². The summed E-state index contributed by atoms with van der Waals surface area (Å²) < 4.78 is 6.38. The van der Waals surface area contributed by atoms with E-state index in [4.69, 9.17) is 4.42 Å². The maximum atomic E-state index is 6.38. The predicted molar refractivity (Wildman–Crippen MR) is 200 cm³/mol. The van der Waals surface area contributed by atoms with Crippen molar-refractivity contribution < 1.29 is 4.42 Å². The van der Waals surface area contributed by atoms with Crippen molar-refractivity contribution >= 4 is 65.0 Å². The highest BCUT2D eigenvalue weighted by molar-refractivity contribution is 6.21. The van der Waals surface area contributed by atoms with E-state index >= 15 is 0 Å². The molecule has 1 nitrogen and oxygen atoms in total. The van der Waals surface area contributed by atoms with E-state index in [1.807, 2.05) is 0 Å². The first kappa shape index (κ1) is 26.1. The topological polar surface area (TPSA) is 13.1 Å². The van der Waals surface area contributed by atoms with Gasteiger partial charge >= 0.3 is 0 Å². The van der Waals surface area contributed by atoms with Gasteiger partial charge in [-0.2, -0.15) is 0 Å². The van der Waals surface area contributed by atoms with Crippen LogP contribution < -0.4 is 0 Å². The third kappa shape index (κ3) is 4.03. The van der Waals surface area contributed by atoms with Gasteiger partial charge in [-0.15, -0.1) is 0 Å². The van der Waals surface area contributed by atoms with Crippen LogP contribution in [-0.4, -0.2) is 0 Å². The summed E-state index contributed by atoms with van der Waals surface area (Å²) in [5.41, 5.74) is 9.14. The van der Waals surface area contributed by atoms with Gasteiger partial charge in [0.1, 0.15) is 11.2 Å². The van der Waals surface area contributed by atoms with Crippen LogP contribution in [0.1, 0.15) is 0 Å². The second-order valence-electron chi connectivity index (χ2n) is 12.5. The van der Waals surface area contributed by atoms with Gasteiger partial charge in [0.25, 0.3) is 0 Å². The first-order valence-electron chi connectivity index (χ1n) is 16.2. The van der Waals surface area contributed by atoms with E-state index in [0.29, 0.717) is 0 Å². The molecular formula is C46H28O. The Bertz CT molecular complexity index is 2830. The quantitative estimate of drug-likeness (QED) is 0.146. The van der Waals surface area contributed by atoms with Gasteiger partial charge in [0.15, 0.2) is 0 Å². The molecule has 0 atom stereocenters. The number of rotatable bonds is 3. The Kier molecular flexibility index (Phi) is 5.64. The third-order valence-electron chi connectivity index (χ3n) is 9.84. The van der Waals surface area contributed by atoms with Crippen molar-refractivity contribution in [3.05, 3.63) is 170 Å². The zero-order valence-electron chi connectivity index (χ0n) is 25.6. The summed E-state index contributed by atoms with van der Waals surface area (Å²) >= 11 is 0. The Morgan fingerprint density at radius 3 is 1.70 bits per heavy atom. The molecule has 0 unspecified atom stereocenters. The minimum absolute atomic E-state index is 0.914. The van der Waals surface area contributed by atoms with Gasteiger partial charge in [0, 0.05) is 10.8 Å². The lowest BCUT2D eigenvalue weighted by molar-refractivity contribution is 0.669. The Labute approximate surface area is 271 Å². The molecule has 0 spiro atoms. The zero-order chi connectivity index (χ0) is 30.9. The minimum atomic E-state index is 0.914. The average molecular weight is 597 g/mol. The van der Waals surface area contributed by atoms with Crippen molar-refractivity contribution in [1.29, 1.82) is 0 Å². The SMILES string of the molecule is c1ccc(-c2c3ccccc3cc3c2ccc2ccccc23)c(-c2ccc(-c3cccc4oc5cc6ccccc6cc5c34)cc2)c1. The van der Waals surface area contributed by atoms with Crippen molar-refractivity contribution in [2.45, 2.75) is 0 Å². The van der Waals surface area contributed by atoms with Crippen molar-refractivity contribution in [2.24, 2.45) is 0 Å². The number of fused-ring (bicyclic) bond motifs is 8. The number of hydrogen-bond acceptors (Lipinski definition) is 1. The van der Waals surface area contributed by atoms with Crippen LogP contribution in [0.15, 0.2) is 174 Å². The van der Waals surface area contributed by atoms with E-state index in [9.17, 15) is 0 Å². The summed E-state index contributed by atoms with van der Waals surface area (Å²) in [4.78, 5) is 0. The Balaban J connectivity index is 1.15. The van der Waals surface area contributed by atoms with Crippen LogP contribution in [0, 0.1) is 0 Å². The second kappa shape index (κ2) is 10.2. The summed E-state index contributed by atoms with van der Waals surface area (Å²) in [5.74, 6) is 0. The van der Waals surface area contributed by atoms with E-state index in [1.54, 1.807) is 0 Å². The third-order valence-corrected chi connectivity index (χ3v) is 9.84. The molecule has 1 heteroatoms. The molecule has 0 saturated carbocycles. The van der Waals surface area contributed by atoms with Gasteiger partial charge in [-0.1, -0.05) is 146 Å². The monoisotopic (exact) mass is 596 g/mol. The fourth-order valence-electron chi connectivity index (χ4n) is 7.64. The van der Waals surface area contributed by atoms with Crippen LogP contribution in [0.5, 0.6) is 0 Å². The van der Waals surface area contributed by atoms with E-state index < -0.39 is 0 Å². The van der Waals surface area contributed by atoms with Gasteiger partial charge in [0.05, 0.1) is 0 Å². The highest BCUT2D eigenvalue weighted by Crippen LogP contribution is 2.44. The summed E-state index contributed by atoms with van der Waals surface area (Å²) in [6, 6.07) is 61.6. The van der Waals surface area contributed by atoms with Crippen LogP contribution in [0.2, 0.25) is 0 Å². The highest BCUT2D eigenvalue weighted by Gasteiger charge is 2.17. The molecule has 10 aromatic rings. The standard InChI is InChI=1S/C46H28O/c1-2-12-33-28-44-42(26-32(33)11-1)46-37(18-9-19-43(46)47-44)31-22-20-30(21-23-31)35-14-7-8-17-39(35)45-38-16-6-4-13-34(38)27-41-36-15-5-3-10-29(36)24-25-40(41)45/h1-28H. The molecule has 47 heavy (non-hydrogen) atoms. The molecule has 0 bridgehead atoms. The van der Waals surface area contributed by atoms with Crippen molar-refractivity contribution in [1.82, 2.24) is 0 Å².